The molecular weight excluding hydrogens is 232 g/mol. The predicted octanol–water partition coefficient (Wildman–Crippen LogP) is 0.737. The van der Waals surface area contributed by atoms with Crippen LogP contribution in [0.1, 0.15) is 31.0 Å². The molecule has 4 N–H and O–H groups in total. The number of H-pyrrole nitrogens is 1. The van der Waals surface area contributed by atoms with Crippen LogP contribution in [-0.2, 0) is 4.79 Å². The molecule has 1 aromatic rings. The summed E-state index contributed by atoms with van der Waals surface area (Å²) in [6, 6.07) is 3.60. The van der Waals surface area contributed by atoms with Crippen molar-refractivity contribution < 1.29 is 9.59 Å². The average Bonchev–Trinajstić information content (AvgIpc) is 2.96. The summed E-state index contributed by atoms with van der Waals surface area (Å²) in [6.45, 7) is 1.62. The average molecular weight is 250 g/mol. The van der Waals surface area contributed by atoms with E-state index in [2.05, 4.69) is 21.3 Å². The number of hydrogen-bond acceptors (Lipinski definition) is 3. The fraction of sp³-hybridized carbons (Fsp3) is 0.500. The second kappa shape index (κ2) is 5.68. The van der Waals surface area contributed by atoms with Crippen molar-refractivity contribution in [3.05, 3.63) is 24.0 Å². The maximum Gasteiger partial charge on any atom is 0.318 e. The first-order chi connectivity index (χ1) is 8.66. The number of nitrogens with two attached hydrogens (primary N) is 1. The van der Waals surface area contributed by atoms with E-state index in [-0.39, 0.29) is 5.91 Å². The van der Waals surface area contributed by atoms with Gasteiger partial charge in [0.25, 0.3) is 0 Å². The van der Waals surface area contributed by atoms with Crippen LogP contribution in [0.5, 0.6) is 0 Å². The molecule has 1 atom stereocenters. The molecule has 1 aliphatic rings. The summed E-state index contributed by atoms with van der Waals surface area (Å²) < 4.78 is 0. The number of rotatable bonds is 4. The van der Waals surface area contributed by atoms with Gasteiger partial charge in [-0.1, -0.05) is 0 Å². The lowest BCUT2D eigenvalue weighted by Gasteiger charge is -2.23. The molecule has 6 nitrogen and oxygen atoms in total. The Morgan fingerprint density at radius 3 is 3.06 bits per heavy atom. The van der Waals surface area contributed by atoms with E-state index in [1.165, 1.54) is 5.69 Å². The van der Waals surface area contributed by atoms with Crippen LogP contribution in [0, 0.1) is 0 Å². The number of imide groups is 1. The van der Waals surface area contributed by atoms with Crippen molar-refractivity contribution in [3.63, 3.8) is 0 Å². The highest BCUT2D eigenvalue weighted by Gasteiger charge is 2.26. The molecule has 1 saturated heterocycles. The molecule has 3 amide bonds. The number of likely N-dealkylation sites (tertiary alicyclic amines) is 1. The third-order valence-corrected chi connectivity index (χ3v) is 3.23. The Bertz CT molecular complexity index is 416. The zero-order valence-electron chi connectivity index (χ0n) is 10.2. The minimum absolute atomic E-state index is 0.292. The van der Waals surface area contributed by atoms with Gasteiger partial charge in [-0.2, -0.15) is 0 Å². The van der Waals surface area contributed by atoms with E-state index in [0.717, 1.165) is 19.4 Å². The molecule has 0 aromatic carbocycles. The van der Waals surface area contributed by atoms with Crippen molar-refractivity contribution in [3.8, 4) is 0 Å². The number of aromatic nitrogens is 1. The summed E-state index contributed by atoms with van der Waals surface area (Å²) in [5, 5.41) is 2.08. The number of hydrogen-bond donors (Lipinski definition) is 3. The molecule has 2 heterocycles. The molecule has 0 aliphatic carbocycles. The van der Waals surface area contributed by atoms with Gasteiger partial charge in [0.2, 0.25) is 5.91 Å². The highest BCUT2D eigenvalue weighted by Crippen LogP contribution is 2.30. The number of aromatic amines is 1. The molecule has 2 rings (SSSR count). The molecule has 0 bridgehead atoms. The normalized spacial score (nSPS) is 19.9. The molecule has 18 heavy (non-hydrogen) atoms. The van der Waals surface area contributed by atoms with Gasteiger partial charge in [-0.3, -0.25) is 15.0 Å². The fourth-order valence-corrected chi connectivity index (χ4v) is 2.44. The number of carbonyl (C=O) groups excluding carboxylic acids is 2. The van der Waals surface area contributed by atoms with E-state index in [9.17, 15) is 9.59 Å². The van der Waals surface area contributed by atoms with Gasteiger partial charge < -0.3 is 10.7 Å². The Morgan fingerprint density at radius 2 is 2.39 bits per heavy atom. The second-order valence-electron chi connectivity index (χ2n) is 4.48. The molecule has 0 unspecified atom stereocenters. The van der Waals surface area contributed by atoms with Crippen LogP contribution in [0.25, 0.3) is 0 Å². The van der Waals surface area contributed by atoms with E-state index < -0.39 is 6.03 Å². The maximum absolute atomic E-state index is 11.4. The van der Waals surface area contributed by atoms with E-state index in [1.807, 2.05) is 12.3 Å². The minimum atomic E-state index is -0.790. The summed E-state index contributed by atoms with van der Waals surface area (Å²) in [5.74, 6) is -0.320. The maximum atomic E-state index is 11.4. The summed E-state index contributed by atoms with van der Waals surface area (Å²) in [5.41, 5.74) is 6.08. The van der Waals surface area contributed by atoms with E-state index in [1.54, 1.807) is 0 Å². The number of nitrogens with zero attached hydrogens (tertiary/aromatic N) is 1. The lowest BCUT2D eigenvalue weighted by atomic mass is 10.1. The quantitative estimate of drug-likeness (QED) is 0.736. The summed E-state index contributed by atoms with van der Waals surface area (Å²) in [6.07, 6.45) is 4.42. The Hall–Kier alpha value is -1.82. The van der Waals surface area contributed by atoms with Gasteiger partial charge in [-0.25, -0.2) is 4.79 Å². The number of urea groups is 1. The summed E-state index contributed by atoms with van der Waals surface area (Å²) >= 11 is 0. The third-order valence-electron chi connectivity index (χ3n) is 3.23. The van der Waals surface area contributed by atoms with Crippen LogP contribution in [-0.4, -0.2) is 34.9 Å². The van der Waals surface area contributed by atoms with E-state index in [4.69, 9.17) is 5.73 Å². The Labute approximate surface area is 106 Å². The molecule has 1 aromatic heterocycles. The second-order valence-corrected chi connectivity index (χ2v) is 4.48. The van der Waals surface area contributed by atoms with E-state index >= 15 is 0 Å². The highest BCUT2D eigenvalue weighted by atomic mass is 16.2. The molecule has 0 spiro atoms. The number of nitrogens with one attached hydrogen (secondary N) is 2. The molecular formula is C12H18N4O2. The third kappa shape index (κ3) is 3.10. The van der Waals surface area contributed by atoms with Crippen LogP contribution >= 0.6 is 0 Å². The van der Waals surface area contributed by atoms with Crippen molar-refractivity contribution in [2.45, 2.75) is 25.3 Å². The van der Waals surface area contributed by atoms with Gasteiger partial charge in [0.1, 0.15) is 0 Å². The van der Waals surface area contributed by atoms with Crippen LogP contribution in [0.15, 0.2) is 18.3 Å². The van der Waals surface area contributed by atoms with Crippen LogP contribution in [0.4, 0.5) is 4.79 Å². The molecule has 0 radical (unpaired) electrons. The summed E-state index contributed by atoms with van der Waals surface area (Å²) in [7, 11) is 0. The highest BCUT2D eigenvalue weighted by molar-refractivity contribution is 5.93. The predicted molar refractivity (Wildman–Crippen MR) is 66.7 cm³/mol. The van der Waals surface area contributed by atoms with Crippen LogP contribution in [0.3, 0.4) is 0 Å². The first-order valence-corrected chi connectivity index (χ1v) is 6.13. The standard InChI is InChI=1S/C12H18N4O2/c13-12(18)15-11(17)5-8-16-7-2-4-10(16)9-3-1-6-14-9/h1,3,6,10,14H,2,4-5,7-8H2,(H3,13,15,17,18)/t10-/m1/s1. The summed E-state index contributed by atoms with van der Waals surface area (Å²) in [4.78, 5) is 27.4. The topological polar surface area (TPSA) is 91.2 Å². The van der Waals surface area contributed by atoms with Crippen LogP contribution in [0.2, 0.25) is 0 Å². The van der Waals surface area contributed by atoms with Gasteiger partial charge >= 0.3 is 6.03 Å². The SMILES string of the molecule is NC(=O)NC(=O)CCN1CCC[C@@H]1c1ccc[nH]1. The zero-order chi connectivity index (χ0) is 13.0. The largest absolute Gasteiger partial charge is 0.364 e. The zero-order valence-corrected chi connectivity index (χ0v) is 10.2. The van der Waals surface area contributed by atoms with Crippen LogP contribution < -0.4 is 11.1 Å². The van der Waals surface area contributed by atoms with Gasteiger partial charge in [-0.05, 0) is 31.5 Å². The molecule has 0 saturated carbocycles. The first-order valence-electron chi connectivity index (χ1n) is 6.13. The van der Waals surface area contributed by atoms with E-state index in [0.29, 0.717) is 19.0 Å². The van der Waals surface area contributed by atoms with Crippen molar-refractivity contribution in [2.24, 2.45) is 5.73 Å². The molecule has 98 valence electrons. The van der Waals surface area contributed by atoms with Gasteiger partial charge in [-0.15, -0.1) is 0 Å². The van der Waals surface area contributed by atoms with Crippen molar-refractivity contribution in [1.82, 2.24) is 15.2 Å². The van der Waals surface area contributed by atoms with Gasteiger partial charge in [0, 0.05) is 30.9 Å². The molecule has 1 aliphatic heterocycles. The fourth-order valence-electron chi connectivity index (χ4n) is 2.44. The Balaban J connectivity index is 1.85. The van der Waals surface area contributed by atoms with Gasteiger partial charge in [0.15, 0.2) is 0 Å². The lowest BCUT2D eigenvalue weighted by Crippen LogP contribution is -2.37. The molecule has 6 heteroatoms. The van der Waals surface area contributed by atoms with Crippen molar-refractivity contribution in [1.29, 1.82) is 0 Å². The minimum Gasteiger partial charge on any atom is -0.364 e. The monoisotopic (exact) mass is 250 g/mol. The Kier molecular flexibility index (Phi) is 3.99. The lowest BCUT2D eigenvalue weighted by molar-refractivity contribution is -0.120. The van der Waals surface area contributed by atoms with Crippen molar-refractivity contribution >= 4 is 11.9 Å². The van der Waals surface area contributed by atoms with Crippen molar-refractivity contribution in [2.75, 3.05) is 13.1 Å². The van der Waals surface area contributed by atoms with Gasteiger partial charge in [0.05, 0.1) is 0 Å². The molecule has 1 fully saturated rings. The number of amides is 3. The number of carbonyl (C=O) groups is 2. The number of primary amides is 1. The smallest absolute Gasteiger partial charge is 0.318 e. The Morgan fingerprint density at radius 1 is 1.56 bits per heavy atom. The first kappa shape index (κ1) is 12.6.